The summed E-state index contributed by atoms with van der Waals surface area (Å²) in [6, 6.07) is 0. The van der Waals surface area contributed by atoms with E-state index >= 15 is 0 Å². The van der Waals surface area contributed by atoms with Gasteiger partial charge in [-0.2, -0.15) is 0 Å². The average Bonchev–Trinajstić information content (AvgIpc) is 2.30. The number of hydrogen-bond acceptors (Lipinski definition) is 1. The molecule has 0 unspecified atom stereocenters. The summed E-state index contributed by atoms with van der Waals surface area (Å²) >= 11 is 0. The topological polar surface area (TPSA) is 37.3 Å². The van der Waals surface area contributed by atoms with Gasteiger partial charge < -0.3 is 5.11 Å². The van der Waals surface area contributed by atoms with E-state index in [1.807, 2.05) is 0 Å². The van der Waals surface area contributed by atoms with Crippen LogP contribution in [0.1, 0.15) is 90.4 Å². The van der Waals surface area contributed by atoms with E-state index in [-0.39, 0.29) is 51.4 Å². The van der Waals surface area contributed by atoms with Crippen molar-refractivity contribution in [1.82, 2.24) is 0 Å². The Kier molecular flexibility index (Phi) is 21.5. The predicted molar refractivity (Wildman–Crippen MR) is 80.5 cm³/mol. The molecule has 2 nitrogen and oxygen atoms in total. The molecule has 0 fully saturated rings. The average molecular weight is 283 g/mol. The molecule has 18 heavy (non-hydrogen) atoms. The summed E-state index contributed by atoms with van der Waals surface area (Å²) in [5, 5.41) is 8.47. The zero-order valence-electron chi connectivity index (χ0n) is 11.5. The number of aliphatic carboxylic acids is 1. The Balaban J connectivity index is 0. The van der Waals surface area contributed by atoms with Crippen molar-refractivity contribution in [2.24, 2.45) is 0 Å². The molecule has 0 aromatic heterocycles. The van der Waals surface area contributed by atoms with Crippen LogP contribution in [-0.2, 0) is 4.79 Å². The molecule has 0 aromatic carbocycles. The van der Waals surface area contributed by atoms with E-state index in [0.717, 1.165) is 12.8 Å². The van der Waals surface area contributed by atoms with E-state index in [2.05, 4.69) is 6.92 Å². The zero-order valence-corrected chi connectivity index (χ0v) is 11.5. The van der Waals surface area contributed by atoms with Crippen molar-refractivity contribution in [3.63, 3.8) is 0 Å². The third kappa shape index (κ3) is 19.4. The van der Waals surface area contributed by atoms with Crippen LogP contribution in [0.25, 0.3) is 0 Å². The first kappa shape index (κ1) is 21.4. The fraction of sp³-hybridized carbons (Fsp3) is 0.933. The Morgan fingerprint density at radius 1 is 0.722 bits per heavy atom. The van der Waals surface area contributed by atoms with E-state index in [9.17, 15) is 4.79 Å². The van der Waals surface area contributed by atoms with E-state index in [0.29, 0.717) is 6.42 Å². The molecule has 3 heteroatoms. The van der Waals surface area contributed by atoms with Gasteiger partial charge in [-0.1, -0.05) is 77.6 Å². The van der Waals surface area contributed by atoms with Crippen LogP contribution in [-0.4, -0.2) is 62.5 Å². The van der Waals surface area contributed by atoms with Gasteiger partial charge in [0.05, 0.1) is 0 Å². The first-order chi connectivity index (χ1) is 8.27. The number of hydrogen-bond donors (Lipinski definition) is 1. The number of rotatable bonds is 13. The van der Waals surface area contributed by atoms with Crippen molar-refractivity contribution < 1.29 is 9.90 Å². The summed E-state index contributed by atoms with van der Waals surface area (Å²) in [5.74, 6) is -0.655. The molecule has 0 amide bonds. The van der Waals surface area contributed by atoms with Crippen LogP contribution < -0.4 is 0 Å². The molecule has 0 aliphatic carbocycles. The molecule has 0 aromatic rings. The molecule has 104 valence electrons. The fourth-order valence-electron chi connectivity index (χ4n) is 2.12. The third-order valence-corrected chi connectivity index (χ3v) is 3.24. The minimum absolute atomic E-state index is 0. The summed E-state index contributed by atoms with van der Waals surface area (Å²) in [6.45, 7) is 2.25. The molecule has 1 N–H and O–H groups in total. The summed E-state index contributed by atoms with van der Waals surface area (Å²) in [4.78, 5) is 10.3. The van der Waals surface area contributed by atoms with E-state index in [1.54, 1.807) is 0 Å². The van der Waals surface area contributed by atoms with Gasteiger partial charge in [0.1, 0.15) is 0 Å². The first-order valence-corrected chi connectivity index (χ1v) is 7.49. The molecular weight excluding hydrogens is 251 g/mol. The molecule has 0 spiro atoms. The molecule has 0 rings (SSSR count). The minimum atomic E-state index is -0.655. The summed E-state index contributed by atoms with van der Waals surface area (Å²) in [7, 11) is 0. The van der Waals surface area contributed by atoms with E-state index < -0.39 is 5.97 Å². The van der Waals surface area contributed by atoms with Crippen LogP contribution in [0.2, 0.25) is 0 Å². The SMILES string of the molecule is CCCCCCCCCCCCCCC(=O)O.[KH]. The second-order valence-corrected chi connectivity index (χ2v) is 5.03. The quantitative estimate of drug-likeness (QED) is 0.398. The Morgan fingerprint density at radius 2 is 1.06 bits per heavy atom. The van der Waals surface area contributed by atoms with Crippen LogP contribution in [0.3, 0.4) is 0 Å². The van der Waals surface area contributed by atoms with Crippen molar-refractivity contribution >= 4 is 57.4 Å². The van der Waals surface area contributed by atoms with E-state index in [4.69, 9.17) is 5.11 Å². The van der Waals surface area contributed by atoms with Crippen molar-refractivity contribution in [2.75, 3.05) is 0 Å². The van der Waals surface area contributed by atoms with Gasteiger partial charge >= 0.3 is 57.4 Å². The Hall–Kier alpha value is 1.11. The van der Waals surface area contributed by atoms with Gasteiger partial charge in [-0.3, -0.25) is 4.79 Å². The van der Waals surface area contributed by atoms with Crippen molar-refractivity contribution in [2.45, 2.75) is 90.4 Å². The van der Waals surface area contributed by atoms with Crippen LogP contribution in [0.5, 0.6) is 0 Å². The molecular formula is C15H31KO2. The normalized spacial score (nSPS) is 10.1. The van der Waals surface area contributed by atoms with Gasteiger partial charge in [-0.05, 0) is 6.42 Å². The van der Waals surface area contributed by atoms with Crippen molar-refractivity contribution in [3.8, 4) is 0 Å². The zero-order chi connectivity index (χ0) is 12.8. The Bertz CT molecular complexity index is 172. The first-order valence-electron chi connectivity index (χ1n) is 7.49. The molecule has 0 heterocycles. The standard InChI is InChI=1S/C15H30O2.K.H/c1-2-3-4-5-6-7-8-9-10-11-12-13-14-15(16)17;;/h2-14H2,1H3,(H,16,17);;. The van der Waals surface area contributed by atoms with Crippen LogP contribution >= 0.6 is 0 Å². The van der Waals surface area contributed by atoms with Crippen LogP contribution in [0.15, 0.2) is 0 Å². The van der Waals surface area contributed by atoms with Crippen LogP contribution in [0.4, 0.5) is 0 Å². The van der Waals surface area contributed by atoms with Gasteiger partial charge in [-0.15, -0.1) is 0 Å². The monoisotopic (exact) mass is 282 g/mol. The fourth-order valence-corrected chi connectivity index (χ4v) is 2.12. The van der Waals surface area contributed by atoms with Gasteiger partial charge in [-0.25, -0.2) is 0 Å². The molecule has 0 aliphatic rings. The van der Waals surface area contributed by atoms with Crippen molar-refractivity contribution in [1.29, 1.82) is 0 Å². The second-order valence-electron chi connectivity index (χ2n) is 5.03. The van der Waals surface area contributed by atoms with E-state index in [1.165, 1.54) is 64.2 Å². The number of unbranched alkanes of at least 4 members (excludes halogenated alkanes) is 11. The molecule has 0 atom stereocenters. The number of carboxylic acids is 1. The van der Waals surface area contributed by atoms with Gasteiger partial charge in [0.25, 0.3) is 0 Å². The Morgan fingerprint density at radius 3 is 1.39 bits per heavy atom. The second kappa shape index (κ2) is 18.1. The summed E-state index contributed by atoms with van der Waals surface area (Å²) in [6.07, 6.45) is 15.8. The molecule has 0 saturated carbocycles. The molecule has 0 bridgehead atoms. The van der Waals surface area contributed by atoms with Gasteiger partial charge in [0, 0.05) is 6.42 Å². The van der Waals surface area contributed by atoms with Crippen LogP contribution in [0, 0.1) is 0 Å². The molecule has 0 saturated heterocycles. The van der Waals surface area contributed by atoms with Gasteiger partial charge in [0.2, 0.25) is 0 Å². The number of carboxylic acid groups (broad SMARTS) is 1. The predicted octanol–water partition coefficient (Wildman–Crippen LogP) is 4.51. The third-order valence-electron chi connectivity index (χ3n) is 3.24. The maximum absolute atomic E-state index is 10.3. The van der Waals surface area contributed by atoms with Gasteiger partial charge in [0.15, 0.2) is 0 Å². The summed E-state index contributed by atoms with van der Waals surface area (Å²) in [5.41, 5.74) is 0. The maximum atomic E-state index is 10.3. The molecule has 0 radical (unpaired) electrons. The summed E-state index contributed by atoms with van der Waals surface area (Å²) < 4.78 is 0. The van der Waals surface area contributed by atoms with Crippen molar-refractivity contribution in [3.05, 3.63) is 0 Å². The molecule has 0 aliphatic heterocycles. The Labute approximate surface area is 156 Å². The number of carbonyl (C=O) groups is 1.